The summed E-state index contributed by atoms with van der Waals surface area (Å²) in [6.45, 7) is 7.50. The molecule has 0 bridgehead atoms. The SMILES string of the molecule is O=C(NCCCN1CCOCC1)[C@H](C1CCCC1)N1CCN(C(=O)c2ccccc2F)CC1. The molecule has 3 fully saturated rings. The molecular formula is C25H37FN4O3. The summed E-state index contributed by atoms with van der Waals surface area (Å²) < 4.78 is 19.4. The van der Waals surface area contributed by atoms with Crippen LogP contribution in [0.1, 0.15) is 42.5 Å². The van der Waals surface area contributed by atoms with E-state index in [1.165, 1.54) is 25.0 Å². The molecule has 0 unspecified atom stereocenters. The number of benzene rings is 1. The summed E-state index contributed by atoms with van der Waals surface area (Å²) in [7, 11) is 0. The minimum Gasteiger partial charge on any atom is -0.379 e. The molecule has 33 heavy (non-hydrogen) atoms. The van der Waals surface area contributed by atoms with Crippen molar-refractivity contribution in [1.29, 1.82) is 0 Å². The van der Waals surface area contributed by atoms with E-state index >= 15 is 0 Å². The second-order valence-corrected chi connectivity index (χ2v) is 9.40. The molecule has 182 valence electrons. The summed E-state index contributed by atoms with van der Waals surface area (Å²) in [4.78, 5) is 32.4. The van der Waals surface area contributed by atoms with Crippen LogP contribution >= 0.6 is 0 Å². The highest BCUT2D eigenvalue weighted by atomic mass is 19.1. The lowest BCUT2D eigenvalue weighted by atomic mass is 9.95. The third kappa shape index (κ3) is 6.31. The molecule has 1 atom stereocenters. The first kappa shape index (κ1) is 24.1. The Kier molecular flexibility index (Phi) is 8.69. The van der Waals surface area contributed by atoms with E-state index in [0.717, 1.165) is 52.1 Å². The highest BCUT2D eigenvalue weighted by Gasteiger charge is 2.37. The van der Waals surface area contributed by atoms with Gasteiger partial charge in [-0.3, -0.25) is 19.4 Å². The summed E-state index contributed by atoms with van der Waals surface area (Å²) in [5, 5.41) is 3.20. The molecule has 0 spiro atoms. The minimum atomic E-state index is -0.481. The van der Waals surface area contributed by atoms with Crippen molar-refractivity contribution in [1.82, 2.24) is 20.0 Å². The van der Waals surface area contributed by atoms with E-state index in [2.05, 4.69) is 15.1 Å². The van der Waals surface area contributed by atoms with Gasteiger partial charge in [-0.2, -0.15) is 0 Å². The lowest BCUT2D eigenvalue weighted by Gasteiger charge is -2.40. The molecule has 1 aromatic carbocycles. The molecule has 0 radical (unpaired) electrons. The molecular weight excluding hydrogens is 423 g/mol. The maximum absolute atomic E-state index is 14.1. The van der Waals surface area contributed by atoms with Crippen molar-refractivity contribution < 1.29 is 18.7 Å². The highest BCUT2D eigenvalue weighted by molar-refractivity contribution is 5.94. The van der Waals surface area contributed by atoms with E-state index in [0.29, 0.717) is 38.6 Å². The quantitative estimate of drug-likeness (QED) is 0.601. The van der Waals surface area contributed by atoms with Crippen LogP contribution in [0.25, 0.3) is 0 Å². The van der Waals surface area contributed by atoms with Gasteiger partial charge >= 0.3 is 0 Å². The van der Waals surface area contributed by atoms with Crippen LogP contribution in [0, 0.1) is 11.7 Å². The van der Waals surface area contributed by atoms with Gasteiger partial charge in [0.05, 0.1) is 24.8 Å². The molecule has 2 amide bonds. The van der Waals surface area contributed by atoms with Crippen molar-refractivity contribution in [3.8, 4) is 0 Å². The maximum Gasteiger partial charge on any atom is 0.256 e. The monoisotopic (exact) mass is 460 g/mol. The number of morpholine rings is 1. The second kappa shape index (κ2) is 11.9. The van der Waals surface area contributed by atoms with Crippen molar-refractivity contribution in [2.75, 3.05) is 65.6 Å². The van der Waals surface area contributed by atoms with Gasteiger partial charge in [0.1, 0.15) is 5.82 Å². The first-order valence-electron chi connectivity index (χ1n) is 12.5. The Labute approximate surface area is 196 Å². The summed E-state index contributed by atoms with van der Waals surface area (Å²) in [5.74, 6) is -0.251. The minimum absolute atomic E-state index is 0.122. The molecule has 1 saturated carbocycles. The number of carbonyl (C=O) groups excluding carboxylic acids is 2. The van der Waals surface area contributed by atoms with Gasteiger partial charge in [-0.05, 0) is 43.9 Å². The van der Waals surface area contributed by atoms with Crippen LogP contribution < -0.4 is 5.32 Å². The number of hydrogen-bond donors (Lipinski definition) is 1. The van der Waals surface area contributed by atoms with Gasteiger partial charge in [-0.1, -0.05) is 25.0 Å². The number of rotatable bonds is 8. The summed E-state index contributed by atoms with van der Waals surface area (Å²) in [6.07, 6.45) is 5.46. The maximum atomic E-state index is 14.1. The molecule has 4 rings (SSSR count). The molecule has 3 aliphatic rings. The van der Waals surface area contributed by atoms with Gasteiger partial charge in [-0.25, -0.2) is 4.39 Å². The zero-order valence-electron chi connectivity index (χ0n) is 19.5. The van der Waals surface area contributed by atoms with Crippen LogP contribution in [-0.2, 0) is 9.53 Å². The van der Waals surface area contributed by atoms with Gasteiger partial charge in [0, 0.05) is 45.8 Å². The molecule has 7 nitrogen and oxygen atoms in total. The summed E-state index contributed by atoms with van der Waals surface area (Å²) in [6, 6.07) is 6.00. The van der Waals surface area contributed by atoms with Crippen molar-refractivity contribution in [2.45, 2.75) is 38.1 Å². The number of nitrogens with one attached hydrogen (secondary N) is 1. The fourth-order valence-electron chi connectivity index (χ4n) is 5.40. The fraction of sp³-hybridized carbons (Fsp3) is 0.680. The van der Waals surface area contributed by atoms with Crippen LogP contribution in [-0.4, -0.2) is 98.1 Å². The first-order chi connectivity index (χ1) is 16.1. The predicted molar refractivity (Wildman–Crippen MR) is 125 cm³/mol. The molecule has 0 aromatic heterocycles. The van der Waals surface area contributed by atoms with E-state index in [1.807, 2.05) is 0 Å². The summed E-state index contributed by atoms with van der Waals surface area (Å²) >= 11 is 0. The molecule has 2 aliphatic heterocycles. The standard InChI is InChI=1S/C25H37FN4O3/c26-22-9-4-3-8-21(22)25(32)30-14-12-29(13-15-30)23(20-6-1-2-7-20)24(31)27-10-5-11-28-16-18-33-19-17-28/h3-4,8-9,20,23H,1-2,5-7,10-19H2,(H,27,31)/t23-/m0/s1. The Morgan fingerprint density at radius 1 is 1.03 bits per heavy atom. The van der Waals surface area contributed by atoms with E-state index in [9.17, 15) is 14.0 Å². The molecule has 1 aromatic rings. The van der Waals surface area contributed by atoms with Crippen LogP contribution in [0.2, 0.25) is 0 Å². The van der Waals surface area contributed by atoms with Gasteiger partial charge in [-0.15, -0.1) is 0 Å². The highest BCUT2D eigenvalue weighted by Crippen LogP contribution is 2.31. The number of hydrogen-bond acceptors (Lipinski definition) is 5. The lowest BCUT2D eigenvalue weighted by molar-refractivity contribution is -0.129. The van der Waals surface area contributed by atoms with E-state index < -0.39 is 5.82 Å². The van der Waals surface area contributed by atoms with E-state index in [4.69, 9.17) is 4.74 Å². The van der Waals surface area contributed by atoms with Crippen LogP contribution in [0.3, 0.4) is 0 Å². The molecule has 8 heteroatoms. The Hall–Kier alpha value is -2.03. The normalized spacial score (nSPS) is 21.8. The Bertz CT molecular complexity index is 788. The molecule has 1 aliphatic carbocycles. The number of halogens is 1. The zero-order chi connectivity index (χ0) is 23.0. The Morgan fingerprint density at radius 2 is 1.73 bits per heavy atom. The second-order valence-electron chi connectivity index (χ2n) is 9.40. The topological polar surface area (TPSA) is 65.1 Å². The molecule has 2 saturated heterocycles. The van der Waals surface area contributed by atoms with Crippen LogP contribution in [0.15, 0.2) is 24.3 Å². The van der Waals surface area contributed by atoms with Crippen molar-refractivity contribution >= 4 is 11.8 Å². The largest absolute Gasteiger partial charge is 0.379 e. The third-order valence-electron chi connectivity index (χ3n) is 7.27. The predicted octanol–water partition coefficient (Wildman–Crippen LogP) is 1.98. The van der Waals surface area contributed by atoms with Gasteiger partial charge < -0.3 is 15.0 Å². The average Bonchev–Trinajstić information content (AvgIpc) is 3.37. The fourth-order valence-corrected chi connectivity index (χ4v) is 5.40. The molecule has 1 N–H and O–H groups in total. The van der Waals surface area contributed by atoms with Crippen LogP contribution in [0.4, 0.5) is 4.39 Å². The van der Waals surface area contributed by atoms with Gasteiger partial charge in [0.2, 0.25) is 5.91 Å². The number of ether oxygens (including phenoxy) is 1. The third-order valence-corrected chi connectivity index (χ3v) is 7.27. The van der Waals surface area contributed by atoms with Crippen molar-refractivity contribution in [3.63, 3.8) is 0 Å². The van der Waals surface area contributed by atoms with E-state index in [1.54, 1.807) is 17.0 Å². The smallest absolute Gasteiger partial charge is 0.256 e. The number of piperazine rings is 1. The lowest BCUT2D eigenvalue weighted by Crippen LogP contribution is -2.58. The zero-order valence-corrected chi connectivity index (χ0v) is 19.5. The number of carbonyl (C=O) groups is 2. The average molecular weight is 461 g/mol. The van der Waals surface area contributed by atoms with Crippen molar-refractivity contribution in [2.24, 2.45) is 5.92 Å². The van der Waals surface area contributed by atoms with E-state index in [-0.39, 0.29) is 23.4 Å². The number of amides is 2. The Balaban J connectivity index is 1.29. The van der Waals surface area contributed by atoms with Crippen molar-refractivity contribution in [3.05, 3.63) is 35.6 Å². The number of nitrogens with zero attached hydrogens (tertiary/aromatic N) is 3. The molecule has 2 heterocycles. The van der Waals surface area contributed by atoms with Crippen LogP contribution in [0.5, 0.6) is 0 Å². The first-order valence-corrected chi connectivity index (χ1v) is 12.5. The van der Waals surface area contributed by atoms with Gasteiger partial charge in [0.25, 0.3) is 5.91 Å². The van der Waals surface area contributed by atoms with Gasteiger partial charge in [0.15, 0.2) is 0 Å². The summed E-state index contributed by atoms with van der Waals surface area (Å²) in [5.41, 5.74) is 0.122. The Morgan fingerprint density at radius 3 is 2.42 bits per heavy atom.